The predicted molar refractivity (Wildman–Crippen MR) is 194 cm³/mol. The number of esters is 1. The second-order valence-electron chi connectivity index (χ2n) is 14.2. The van der Waals surface area contributed by atoms with Gasteiger partial charge in [0.1, 0.15) is 16.9 Å². The first-order valence-corrected chi connectivity index (χ1v) is 26.5. The molecule has 0 aromatic heterocycles. The summed E-state index contributed by atoms with van der Waals surface area (Å²) in [6.07, 6.45) is 10.9. The molecule has 0 bridgehead atoms. The molecule has 0 saturated heterocycles. The fourth-order valence-corrected chi connectivity index (χ4v) is 18.9. The van der Waals surface area contributed by atoms with Gasteiger partial charge in [-0.3, -0.25) is 4.79 Å². The van der Waals surface area contributed by atoms with Crippen molar-refractivity contribution < 1.29 is 22.5 Å². The number of halogens is 1. The molecule has 0 heterocycles. The summed E-state index contributed by atoms with van der Waals surface area (Å²) in [4.78, 5) is 12.2. The molecule has 0 aliphatic carbocycles. The lowest BCUT2D eigenvalue weighted by atomic mass is 10.0. The fraction of sp³-hybridized carbons (Fsp3) is 0.629. The van der Waals surface area contributed by atoms with Crippen LogP contribution in [0.2, 0.25) is 51.9 Å². The molecule has 0 fully saturated rings. The standard InChI is InChI=1S/C35H59ClO5Si3/c1-10-29(2)34(36)35(37)39-33-25-21-31(22-26-33)30-19-23-32(24-20-30)38-27-17-15-13-11-12-14-16-18-28-43(6,7)41-44(8,9)40-42(3,4)5/h19-26,29,34H,10-18,27-28H2,1-9H3. The van der Waals surface area contributed by atoms with Crippen LogP contribution in [0, 0.1) is 5.92 Å². The van der Waals surface area contributed by atoms with E-state index in [9.17, 15) is 4.79 Å². The van der Waals surface area contributed by atoms with Crippen LogP contribution in [-0.2, 0) is 13.0 Å². The molecule has 2 aromatic carbocycles. The highest BCUT2D eigenvalue weighted by molar-refractivity contribution is 6.87. The molecular weight excluding hydrogens is 620 g/mol. The summed E-state index contributed by atoms with van der Waals surface area (Å²) in [7, 11) is -5.25. The lowest BCUT2D eigenvalue weighted by Crippen LogP contribution is -2.51. The first-order valence-electron chi connectivity index (χ1n) is 16.7. The van der Waals surface area contributed by atoms with Crippen molar-refractivity contribution in [1.29, 1.82) is 0 Å². The molecule has 0 aliphatic rings. The van der Waals surface area contributed by atoms with Gasteiger partial charge in [-0.15, -0.1) is 11.6 Å². The third-order valence-electron chi connectivity index (χ3n) is 7.65. The quantitative estimate of drug-likeness (QED) is 0.0432. The molecule has 0 spiro atoms. The lowest BCUT2D eigenvalue weighted by Gasteiger charge is -2.37. The average molecular weight is 680 g/mol. The van der Waals surface area contributed by atoms with Crippen LogP contribution in [0.15, 0.2) is 48.5 Å². The van der Waals surface area contributed by atoms with Gasteiger partial charge in [-0.25, -0.2) is 0 Å². The van der Waals surface area contributed by atoms with Crippen molar-refractivity contribution in [3.8, 4) is 22.6 Å². The van der Waals surface area contributed by atoms with E-state index in [0.29, 0.717) is 5.75 Å². The zero-order valence-corrected chi connectivity index (χ0v) is 32.7. The number of hydrogen-bond acceptors (Lipinski definition) is 5. The van der Waals surface area contributed by atoms with Crippen molar-refractivity contribution in [3.63, 3.8) is 0 Å². The van der Waals surface area contributed by atoms with Gasteiger partial charge in [0.2, 0.25) is 0 Å². The summed E-state index contributed by atoms with van der Waals surface area (Å²) < 4.78 is 24.5. The Morgan fingerprint density at radius 1 is 0.705 bits per heavy atom. The number of benzene rings is 2. The Bertz CT molecular complexity index is 1100. The number of alkyl halides is 1. The number of ether oxygens (including phenoxy) is 2. The normalized spacial score (nSPS) is 13.9. The molecule has 0 N–H and O–H groups in total. The smallest absolute Gasteiger partial charge is 0.329 e. The fourth-order valence-electron chi connectivity index (χ4n) is 5.45. The van der Waals surface area contributed by atoms with Crippen LogP contribution >= 0.6 is 11.6 Å². The zero-order chi connectivity index (χ0) is 32.8. The van der Waals surface area contributed by atoms with Crippen LogP contribution in [0.25, 0.3) is 11.1 Å². The maximum Gasteiger partial charge on any atom is 0.329 e. The van der Waals surface area contributed by atoms with Gasteiger partial charge in [0.05, 0.1) is 6.61 Å². The van der Waals surface area contributed by atoms with Crippen LogP contribution in [-0.4, -0.2) is 43.1 Å². The Balaban J connectivity index is 1.57. The second kappa shape index (κ2) is 18.7. The molecule has 5 nitrogen and oxygen atoms in total. The molecule has 0 radical (unpaired) electrons. The van der Waals surface area contributed by atoms with E-state index in [4.69, 9.17) is 29.3 Å². The van der Waals surface area contributed by atoms with Gasteiger partial charge in [0.15, 0.2) is 16.6 Å². The van der Waals surface area contributed by atoms with Crippen LogP contribution in [0.3, 0.4) is 0 Å². The van der Waals surface area contributed by atoms with Crippen LogP contribution < -0.4 is 9.47 Å². The van der Waals surface area contributed by atoms with Gasteiger partial charge >= 0.3 is 14.5 Å². The topological polar surface area (TPSA) is 54.0 Å². The van der Waals surface area contributed by atoms with Gasteiger partial charge in [-0.2, -0.15) is 0 Å². The van der Waals surface area contributed by atoms with Gasteiger partial charge in [-0.1, -0.05) is 89.5 Å². The number of carbonyl (C=O) groups is 1. The largest absolute Gasteiger partial charge is 0.494 e. The Labute approximate surface area is 276 Å². The molecule has 0 saturated carbocycles. The highest BCUT2D eigenvalue weighted by Crippen LogP contribution is 2.27. The van der Waals surface area contributed by atoms with E-state index in [1.165, 1.54) is 51.0 Å². The third kappa shape index (κ3) is 15.7. The minimum absolute atomic E-state index is 0.0741. The van der Waals surface area contributed by atoms with E-state index >= 15 is 0 Å². The van der Waals surface area contributed by atoms with E-state index in [0.717, 1.165) is 36.3 Å². The highest BCUT2D eigenvalue weighted by Gasteiger charge is 2.37. The summed E-state index contributed by atoms with van der Waals surface area (Å²) in [6, 6.07) is 16.9. The maximum absolute atomic E-state index is 12.2. The van der Waals surface area contributed by atoms with E-state index in [-0.39, 0.29) is 5.92 Å². The first kappa shape index (κ1) is 38.8. The van der Waals surface area contributed by atoms with Crippen LogP contribution in [0.5, 0.6) is 11.5 Å². The molecule has 2 unspecified atom stereocenters. The van der Waals surface area contributed by atoms with Crippen LogP contribution in [0.4, 0.5) is 0 Å². The summed E-state index contributed by atoms with van der Waals surface area (Å²) in [5, 5.41) is -0.637. The van der Waals surface area contributed by atoms with Crippen molar-refractivity contribution in [3.05, 3.63) is 48.5 Å². The van der Waals surface area contributed by atoms with E-state index in [1.54, 1.807) is 0 Å². The minimum atomic E-state index is -2.02. The van der Waals surface area contributed by atoms with Crippen molar-refractivity contribution in [2.75, 3.05) is 6.61 Å². The Kier molecular flexibility index (Phi) is 16.4. The summed E-state index contributed by atoms with van der Waals surface area (Å²) >= 11 is 6.21. The molecular formula is C35H59ClO5Si3. The minimum Gasteiger partial charge on any atom is -0.494 e. The highest BCUT2D eigenvalue weighted by atomic mass is 35.5. The third-order valence-corrected chi connectivity index (χ3v) is 18.4. The average Bonchev–Trinajstić information content (AvgIpc) is 2.93. The zero-order valence-electron chi connectivity index (χ0n) is 29.0. The molecule has 248 valence electrons. The van der Waals surface area contributed by atoms with E-state index in [2.05, 4.69) is 58.0 Å². The van der Waals surface area contributed by atoms with Crippen molar-refractivity contribution in [1.82, 2.24) is 0 Å². The van der Waals surface area contributed by atoms with Gasteiger partial charge in [-0.05, 0) is 99.6 Å². The molecule has 44 heavy (non-hydrogen) atoms. The molecule has 2 aromatic rings. The predicted octanol–water partition coefficient (Wildman–Crippen LogP) is 11.2. The number of unbranched alkanes of at least 4 members (excludes halogenated alkanes) is 7. The maximum atomic E-state index is 12.2. The Morgan fingerprint density at radius 3 is 1.68 bits per heavy atom. The monoisotopic (exact) mass is 678 g/mol. The number of rotatable bonds is 21. The van der Waals surface area contributed by atoms with Crippen LogP contribution in [0.1, 0.15) is 71.6 Å². The summed E-state index contributed by atoms with van der Waals surface area (Å²) in [6.45, 7) is 20.6. The lowest BCUT2D eigenvalue weighted by molar-refractivity contribution is -0.134. The van der Waals surface area contributed by atoms with E-state index < -0.39 is 36.5 Å². The van der Waals surface area contributed by atoms with Gasteiger partial charge in [0, 0.05) is 0 Å². The van der Waals surface area contributed by atoms with Gasteiger partial charge < -0.3 is 17.7 Å². The van der Waals surface area contributed by atoms with Crippen molar-refractivity contribution >= 4 is 42.8 Å². The second-order valence-corrected chi connectivity index (χ2v) is 27.3. The molecule has 0 aliphatic heterocycles. The molecule has 2 atom stereocenters. The molecule has 2 rings (SSSR count). The molecule has 9 heteroatoms. The first-order chi connectivity index (χ1) is 20.6. The van der Waals surface area contributed by atoms with Crippen molar-refractivity contribution in [2.45, 2.75) is 129 Å². The summed E-state index contributed by atoms with van der Waals surface area (Å²) in [5.41, 5.74) is 2.14. The summed E-state index contributed by atoms with van der Waals surface area (Å²) in [5.74, 6) is 1.08. The van der Waals surface area contributed by atoms with Gasteiger partial charge in [0.25, 0.3) is 0 Å². The molecule has 0 amide bonds. The van der Waals surface area contributed by atoms with Crippen molar-refractivity contribution in [2.24, 2.45) is 5.92 Å². The Hall–Kier alpha value is -1.43. The number of carbonyl (C=O) groups excluding carboxylic acids is 1. The van der Waals surface area contributed by atoms with E-state index in [1.807, 2.05) is 50.2 Å². The SMILES string of the molecule is CCC(C)C(Cl)C(=O)Oc1ccc(-c2ccc(OCCCCCCCCCC[Si](C)(C)O[Si](C)(C)O[Si](C)(C)C)cc2)cc1. The number of hydrogen-bond donors (Lipinski definition) is 0. The Morgan fingerprint density at radius 2 is 1.18 bits per heavy atom.